The maximum Gasteiger partial charge on any atom is 0.119 e. The summed E-state index contributed by atoms with van der Waals surface area (Å²) in [6.45, 7) is 0. The smallest absolute Gasteiger partial charge is 0.119 e. The second-order valence-corrected chi connectivity index (χ2v) is 4.48. The van der Waals surface area contributed by atoms with Gasteiger partial charge in [0.05, 0.1) is 7.11 Å². The largest absolute Gasteiger partial charge is 0.497 e. The Hall–Kier alpha value is -2.02. The highest BCUT2D eigenvalue weighted by molar-refractivity contribution is 5.87. The molecule has 0 amide bonds. The predicted molar refractivity (Wildman–Crippen MR) is 78.8 cm³/mol. The fourth-order valence-electron chi connectivity index (χ4n) is 2.22. The van der Waals surface area contributed by atoms with Crippen molar-refractivity contribution in [2.24, 2.45) is 5.84 Å². The number of nitrogens with one attached hydrogen (secondary N) is 1. The summed E-state index contributed by atoms with van der Waals surface area (Å²) < 4.78 is 5.28. The van der Waals surface area contributed by atoms with Crippen LogP contribution in [0.15, 0.2) is 36.4 Å². The first-order chi connectivity index (χ1) is 9.28. The van der Waals surface area contributed by atoms with Gasteiger partial charge in [0.15, 0.2) is 0 Å². The van der Waals surface area contributed by atoms with Crippen molar-refractivity contribution in [2.75, 3.05) is 7.11 Å². The summed E-state index contributed by atoms with van der Waals surface area (Å²) in [5.41, 5.74) is 3.99. The van der Waals surface area contributed by atoms with Crippen LogP contribution in [-0.2, 0) is 6.42 Å². The van der Waals surface area contributed by atoms with Crippen LogP contribution in [-0.4, -0.2) is 13.2 Å². The van der Waals surface area contributed by atoms with E-state index in [0.717, 1.165) is 12.2 Å². The summed E-state index contributed by atoms with van der Waals surface area (Å²) in [6, 6.07) is 12.4. The molecule has 0 spiro atoms. The molecule has 1 atom stereocenters. The molecule has 2 aromatic carbocycles. The van der Waals surface area contributed by atoms with Gasteiger partial charge in [-0.2, -0.15) is 0 Å². The summed E-state index contributed by atoms with van der Waals surface area (Å²) in [5.74, 6) is 9.03. The van der Waals surface area contributed by atoms with Gasteiger partial charge >= 0.3 is 0 Å². The Morgan fingerprint density at radius 2 is 2.21 bits per heavy atom. The van der Waals surface area contributed by atoms with E-state index in [-0.39, 0.29) is 6.04 Å². The molecular formula is C16H18N2O. The third-order valence-electron chi connectivity index (χ3n) is 3.25. The van der Waals surface area contributed by atoms with E-state index in [2.05, 4.69) is 29.5 Å². The van der Waals surface area contributed by atoms with E-state index >= 15 is 0 Å². The molecule has 98 valence electrons. The standard InChI is InChI=1S/C16H18N2O/c1-3-5-14(18-17)10-13-7-4-6-12-8-9-15(19-2)11-16(12)13/h1,4,6-9,11,14,18H,5,10,17H2,2H3. The molecule has 0 saturated carbocycles. The lowest BCUT2D eigenvalue weighted by Gasteiger charge is -2.15. The molecule has 0 saturated heterocycles. The van der Waals surface area contributed by atoms with Gasteiger partial charge in [-0.05, 0) is 34.9 Å². The molecule has 0 heterocycles. The Bertz CT molecular complexity index is 601. The molecule has 3 heteroatoms. The van der Waals surface area contributed by atoms with Crippen molar-refractivity contribution in [2.45, 2.75) is 18.9 Å². The van der Waals surface area contributed by atoms with E-state index in [0.29, 0.717) is 6.42 Å². The highest BCUT2D eigenvalue weighted by Gasteiger charge is 2.09. The number of fused-ring (bicyclic) bond motifs is 1. The monoisotopic (exact) mass is 254 g/mol. The van der Waals surface area contributed by atoms with Crippen molar-refractivity contribution in [3.63, 3.8) is 0 Å². The van der Waals surface area contributed by atoms with Crippen LogP contribution in [0.1, 0.15) is 12.0 Å². The van der Waals surface area contributed by atoms with Gasteiger partial charge in [-0.3, -0.25) is 11.3 Å². The fraction of sp³-hybridized carbons (Fsp3) is 0.250. The summed E-state index contributed by atoms with van der Waals surface area (Å²) in [7, 11) is 1.67. The van der Waals surface area contributed by atoms with Crippen molar-refractivity contribution < 1.29 is 4.74 Å². The van der Waals surface area contributed by atoms with Gasteiger partial charge in [0.2, 0.25) is 0 Å². The summed E-state index contributed by atoms with van der Waals surface area (Å²) in [5, 5.41) is 2.37. The molecule has 0 aromatic heterocycles. The van der Waals surface area contributed by atoms with E-state index in [9.17, 15) is 0 Å². The lowest BCUT2D eigenvalue weighted by atomic mass is 9.97. The van der Waals surface area contributed by atoms with Crippen LogP contribution in [0, 0.1) is 12.3 Å². The van der Waals surface area contributed by atoms with E-state index in [1.807, 2.05) is 18.2 Å². The number of ether oxygens (including phenoxy) is 1. The number of benzene rings is 2. The van der Waals surface area contributed by atoms with Gasteiger partial charge in [-0.25, -0.2) is 0 Å². The summed E-state index contributed by atoms with van der Waals surface area (Å²) in [6.07, 6.45) is 6.76. The van der Waals surface area contributed by atoms with Crippen molar-refractivity contribution in [1.82, 2.24) is 5.43 Å². The normalized spacial score (nSPS) is 12.1. The Labute approximate surface area is 113 Å². The fourth-order valence-corrected chi connectivity index (χ4v) is 2.22. The number of terminal acetylenes is 1. The van der Waals surface area contributed by atoms with E-state index in [4.69, 9.17) is 17.0 Å². The van der Waals surface area contributed by atoms with E-state index in [1.54, 1.807) is 7.11 Å². The van der Waals surface area contributed by atoms with Crippen LogP contribution >= 0.6 is 0 Å². The number of hydrogen-bond acceptors (Lipinski definition) is 3. The van der Waals surface area contributed by atoms with Crippen molar-refractivity contribution in [3.05, 3.63) is 42.0 Å². The summed E-state index contributed by atoms with van der Waals surface area (Å²) >= 11 is 0. The Kier molecular flexibility index (Phi) is 4.40. The molecule has 2 aromatic rings. The minimum absolute atomic E-state index is 0.0850. The van der Waals surface area contributed by atoms with Gasteiger partial charge in [0.25, 0.3) is 0 Å². The molecule has 3 nitrogen and oxygen atoms in total. The van der Waals surface area contributed by atoms with E-state index in [1.165, 1.54) is 16.3 Å². The Morgan fingerprint density at radius 3 is 2.89 bits per heavy atom. The number of nitrogens with two attached hydrogens (primary N) is 1. The van der Waals surface area contributed by atoms with Crippen LogP contribution in [0.5, 0.6) is 5.75 Å². The van der Waals surface area contributed by atoms with Gasteiger partial charge in [0.1, 0.15) is 5.75 Å². The third-order valence-corrected chi connectivity index (χ3v) is 3.25. The molecule has 0 aliphatic rings. The molecule has 19 heavy (non-hydrogen) atoms. The zero-order chi connectivity index (χ0) is 13.7. The third kappa shape index (κ3) is 3.05. The molecule has 1 unspecified atom stereocenters. The average Bonchev–Trinajstić information content (AvgIpc) is 2.46. The van der Waals surface area contributed by atoms with Crippen LogP contribution in [0.3, 0.4) is 0 Å². The molecule has 2 rings (SSSR count). The zero-order valence-electron chi connectivity index (χ0n) is 11.0. The first-order valence-corrected chi connectivity index (χ1v) is 6.23. The lowest BCUT2D eigenvalue weighted by Crippen LogP contribution is -2.36. The van der Waals surface area contributed by atoms with Gasteiger partial charge in [-0.15, -0.1) is 12.3 Å². The molecule has 0 aliphatic carbocycles. The number of hydrazine groups is 1. The molecule has 0 aliphatic heterocycles. The second kappa shape index (κ2) is 6.24. The van der Waals surface area contributed by atoms with Crippen LogP contribution in [0.25, 0.3) is 10.8 Å². The molecule has 3 N–H and O–H groups in total. The first kappa shape index (κ1) is 13.4. The number of hydrogen-bond donors (Lipinski definition) is 2. The molecule has 0 radical (unpaired) electrons. The maximum atomic E-state index is 5.54. The predicted octanol–water partition coefficient (Wildman–Crippen LogP) is 2.25. The first-order valence-electron chi connectivity index (χ1n) is 6.23. The van der Waals surface area contributed by atoms with Crippen molar-refractivity contribution in [3.8, 4) is 18.1 Å². The van der Waals surface area contributed by atoms with Crippen molar-refractivity contribution in [1.29, 1.82) is 0 Å². The lowest BCUT2D eigenvalue weighted by molar-refractivity contribution is 0.415. The highest BCUT2D eigenvalue weighted by atomic mass is 16.5. The minimum atomic E-state index is 0.0850. The minimum Gasteiger partial charge on any atom is -0.497 e. The van der Waals surface area contributed by atoms with Gasteiger partial charge in [0, 0.05) is 12.5 Å². The Balaban J connectivity index is 2.39. The molecule has 0 bridgehead atoms. The summed E-state index contributed by atoms with van der Waals surface area (Å²) in [4.78, 5) is 0. The average molecular weight is 254 g/mol. The molecular weight excluding hydrogens is 236 g/mol. The molecule has 0 fully saturated rings. The van der Waals surface area contributed by atoms with Crippen molar-refractivity contribution >= 4 is 10.8 Å². The number of methoxy groups -OCH3 is 1. The van der Waals surface area contributed by atoms with Crippen LogP contribution in [0.4, 0.5) is 0 Å². The number of rotatable bonds is 5. The van der Waals surface area contributed by atoms with Gasteiger partial charge in [-0.1, -0.05) is 24.3 Å². The second-order valence-electron chi connectivity index (χ2n) is 4.48. The maximum absolute atomic E-state index is 5.54. The topological polar surface area (TPSA) is 47.3 Å². The highest BCUT2D eigenvalue weighted by Crippen LogP contribution is 2.25. The van der Waals surface area contributed by atoms with Crippen LogP contribution in [0.2, 0.25) is 0 Å². The zero-order valence-corrected chi connectivity index (χ0v) is 11.0. The van der Waals surface area contributed by atoms with E-state index < -0.39 is 0 Å². The Morgan fingerprint density at radius 1 is 1.37 bits per heavy atom. The van der Waals surface area contributed by atoms with Crippen LogP contribution < -0.4 is 16.0 Å². The quantitative estimate of drug-likeness (QED) is 0.489. The van der Waals surface area contributed by atoms with Gasteiger partial charge < -0.3 is 4.74 Å². The SMILES string of the molecule is C#CCC(Cc1cccc2ccc(OC)cc12)NN.